The van der Waals surface area contributed by atoms with Crippen LogP contribution in [0.15, 0.2) is 4.52 Å². The third kappa shape index (κ3) is 2.19. The van der Waals surface area contributed by atoms with Gasteiger partial charge in [0.15, 0.2) is 5.82 Å². The van der Waals surface area contributed by atoms with Crippen LogP contribution in [0.3, 0.4) is 0 Å². The Labute approximate surface area is 106 Å². The highest BCUT2D eigenvalue weighted by molar-refractivity contribution is 5.79. The lowest BCUT2D eigenvalue weighted by atomic mass is 9.80. The van der Waals surface area contributed by atoms with Crippen molar-refractivity contribution in [2.75, 3.05) is 13.2 Å². The minimum Gasteiger partial charge on any atom is -0.381 e. The number of rotatable bonds is 2. The van der Waals surface area contributed by atoms with Crippen LogP contribution in [0.5, 0.6) is 0 Å². The van der Waals surface area contributed by atoms with Crippen molar-refractivity contribution in [2.45, 2.75) is 44.4 Å². The number of hydrogen-bond acceptors (Lipinski definition) is 5. The predicted molar refractivity (Wildman–Crippen MR) is 63.2 cm³/mol. The van der Waals surface area contributed by atoms with Crippen molar-refractivity contribution in [3.05, 3.63) is 11.7 Å². The molecule has 5 heteroatoms. The van der Waals surface area contributed by atoms with E-state index in [0.29, 0.717) is 37.0 Å². The normalized spacial score (nSPS) is 32.9. The Kier molecular flexibility index (Phi) is 3.16. The zero-order valence-corrected chi connectivity index (χ0v) is 10.6. The number of carbonyl (C=O) groups is 1. The van der Waals surface area contributed by atoms with Gasteiger partial charge in [-0.1, -0.05) is 12.1 Å². The quantitative estimate of drug-likeness (QED) is 0.803. The highest BCUT2D eigenvalue weighted by Crippen LogP contribution is 2.36. The van der Waals surface area contributed by atoms with E-state index in [1.165, 1.54) is 0 Å². The van der Waals surface area contributed by atoms with E-state index in [0.717, 1.165) is 25.3 Å². The van der Waals surface area contributed by atoms with E-state index >= 15 is 0 Å². The topological polar surface area (TPSA) is 65.2 Å². The second-order valence-corrected chi connectivity index (χ2v) is 5.42. The van der Waals surface area contributed by atoms with Gasteiger partial charge in [-0.05, 0) is 18.8 Å². The van der Waals surface area contributed by atoms with Gasteiger partial charge in [0.05, 0.1) is 6.61 Å². The maximum Gasteiger partial charge on any atom is 0.230 e. The zero-order valence-electron chi connectivity index (χ0n) is 10.6. The van der Waals surface area contributed by atoms with Gasteiger partial charge in [-0.3, -0.25) is 4.79 Å². The van der Waals surface area contributed by atoms with Gasteiger partial charge in [0, 0.05) is 31.3 Å². The average molecular weight is 250 g/mol. The lowest BCUT2D eigenvalue weighted by Gasteiger charge is -2.24. The third-order valence-corrected chi connectivity index (χ3v) is 4.04. The van der Waals surface area contributed by atoms with Crippen LogP contribution in [0.4, 0.5) is 0 Å². The van der Waals surface area contributed by atoms with Crippen LogP contribution in [0.1, 0.15) is 56.2 Å². The number of carbonyl (C=O) groups excluding carboxylic acids is 1. The molecule has 0 spiro atoms. The molecule has 0 radical (unpaired) electrons. The molecule has 0 aromatic carbocycles. The summed E-state index contributed by atoms with van der Waals surface area (Å²) in [5.74, 6) is 2.65. The summed E-state index contributed by atoms with van der Waals surface area (Å²) >= 11 is 0. The van der Waals surface area contributed by atoms with Gasteiger partial charge in [0.1, 0.15) is 5.78 Å². The molecular weight excluding hydrogens is 232 g/mol. The maximum absolute atomic E-state index is 11.4. The van der Waals surface area contributed by atoms with Crippen molar-refractivity contribution >= 4 is 5.78 Å². The molecule has 0 bridgehead atoms. The maximum atomic E-state index is 11.4. The van der Waals surface area contributed by atoms with Crippen LogP contribution in [0.2, 0.25) is 0 Å². The summed E-state index contributed by atoms with van der Waals surface area (Å²) in [6, 6.07) is 0. The first-order valence-electron chi connectivity index (χ1n) is 6.67. The molecule has 2 aliphatic rings. The van der Waals surface area contributed by atoms with E-state index in [9.17, 15) is 4.79 Å². The number of ether oxygens (including phenoxy) is 1. The first-order chi connectivity index (χ1) is 8.74. The standard InChI is InChI=1S/C13H18N2O3/c1-8-6-10(16)2-3-11(8)13-14-12(15-18-13)9-4-5-17-7-9/h8-9,11H,2-7H2,1H3/t8-,9-,11-/m1/s1. The molecule has 5 nitrogen and oxygen atoms in total. The Morgan fingerprint density at radius 2 is 2.22 bits per heavy atom. The SMILES string of the molecule is C[C@@H]1CC(=O)CC[C@H]1c1nc([C@@H]2CCOC2)no1. The fraction of sp³-hybridized carbons (Fsp3) is 0.769. The van der Waals surface area contributed by atoms with Crippen LogP contribution in [-0.4, -0.2) is 29.1 Å². The molecule has 2 fully saturated rings. The molecule has 1 aliphatic heterocycles. The van der Waals surface area contributed by atoms with E-state index < -0.39 is 0 Å². The highest BCUT2D eigenvalue weighted by Gasteiger charge is 2.32. The van der Waals surface area contributed by atoms with Gasteiger partial charge in [-0.2, -0.15) is 4.98 Å². The molecule has 18 heavy (non-hydrogen) atoms. The molecule has 98 valence electrons. The van der Waals surface area contributed by atoms with Crippen molar-refractivity contribution in [3.8, 4) is 0 Å². The van der Waals surface area contributed by atoms with Gasteiger partial charge >= 0.3 is 0 Å². The van der Waals surface area contributed by atoms with Crippen LogP contribution in [0.25, 0.3) is 0 Å². The van der Waals surface area contributed by atoms with Gasteiger partial charge in [0.25, 0.3) is 0 Å². The number of nitrogens with zero attached hydrogens (tertiary/aromatic N) is 2. The van der Waals surface area contributed by atoms with E-state index in [4.69, 9.17) is 9.26 Å². The summed E-state index contributed by atoms with van der Waals surface area (Å²) < 4.78 is 10.7. The molecule has 1 saturated heterocycles. The minimum atomic E-state index is 0.242. The van der Waals surface area contributed by atoms with Crippen LogP contribution >= 0.6 is 0 Å². The number of aromatic nitrogens is 2. The summed E-state index contributed by atoms with van der Waals surface area (Å²) in [5, 5.41) is 4.08. The number of hydrogen-bond donors (Lipinski definition) is 0. The highest BCUT2D eigenvalue weighted by atomic mass is 16.5. The minimum absolute atomic E-state index is 0.242. The molecular formula is C13H18N2O3. The predicted octanol–water partition coefficient (Wildman–Crippen LogP) is 2.05. The average Bonchev–Trinajstić information content (AvgIpc) is 2.99. The largest absolute Gasteiger partial charge is 0.381 e. The summed E-state index contributed by atoms with van der Waals surface area (Å²) in [5.41, 5.74) is 0. The van der Waals surface area contributed by atoms with Crippen molar-refractivity contribution in [1.29, 1.82) is 0 Å². The Morgan fingerprint density at radius 3 is 2.94 bits per heavy atom. The molecule has 3 rings (SSSR count). The van der Waals surface area contributed by atoms with Crippen molar-refractivity contribution in [1.82, 2.24) is 10.1 Å². The number of Topliss-reactive ketones (excluding diaryl/α,β-unsaturated/α-hetero) is 1. The van der Waals surface area contributed by atoms with Crippen molar-refractivity contribution in [2.24, 2.45) is 5.92 Å². The van der Waals surface area contributed by atoms with Gasteiger partial charge in [-0.15, -0.1) is 0 Å². The molecule has 2 heterocycles. The molecule has 3 atom stereocenters. The van der Waals surface area contributed by atoms with Gasteiger partial charge < -0.3 is 9.26 Å². The fourth-order valence-electron chi connectivity index (χ4n) is 2.87. The Hall–Kier alpha value is -1.23. The summed E-state index contributed by atoms with van der Waals surface area (Å²) in [7, 11) is 0. The smallest absolute Gasteiger partial charge is 0.230 e. The van der Waals surface area contributed by atoms with Crippen LogP contribution in [-0.2, 0) is 9.53 Å². The molecule has 0 amide bonds. The Balaban J connectivity index is 1.74. The first kappa shape index (κ1) is 11.8. The lowest BCUT2D eigenvalue weighted by Crippen LogP contribution is -2.21. The fourth-order valence-corrected chi connectivity index (χ4v) is 2.87. The number of ketones is 1. The second-order valence-electron chi connectivity index (χ2n) is 5.42. The van der Waals surface area contributed by atoms with Crippen molar-refractivity contribution < 1.29 is 14.1 Å². The monoisotopic (exact) mass is 250 g/mol. The molecule has 0 N–H and O–H groups in total. The molecule has 1 aromatic rings. The summed E-state index contributed by atoms with van der Waals surface area (Å²) in [6.45, 7) is 3.56. The van der Waals surface area contributed by atoms with Crippen LogP contribution in [0, 0.1) is 5.92 Å². The van der Waals surface area contributed by atoms with E-state index in [1.807, 2.05) is 0 Å². The second kappa shape index (κ2) is 4.80. The Morgan fingerprint density at radius 1 is 1.33 bits per heavy atom. The molecule has 1 aromatic heterocycles. The van der Waals surface area contributed by atoms with E-state index in [-0.39, 0.29) is 11.8 Å². The molecule has 1 aliphatic carbocycles. The summed E-state index contributed by atoms with van der Waals surface area (Å²) in [6.07, 6.45) is 3.08. The van der Waals surface area contributed by atoms with Crippen LogP contribution < -0.4 is 0 Å². The molecule has 1 saturated carbocycles. The molecule has 0 unspecified atom stereocenters. The third-order valence-electron chi connectivity index (χ3n) is 4.04. The zero-order chi connectivity index (χ0) is 12.5. The summed E-state index contributed by atoms with van der Waals surface area (Å²) in [4.78, 5) is 15.9. The lowest BCUT2D eigenvalue weighted by molar-refractivity contribution is -0.121. The van der Waals surface area contributed by atoms with E-state index in [2.05, 4.69) is 17.1 Å². The first-order valence-corrected chi connectivity index (χ1v) is 6.67. The Bertz CT molecular complexity index is 437. The van der Waals surface area contributed by atoms with Crippen molar-refractivity contribution in [3.63, 3.8) is 0 Å². The van der Waals surface area contributed by atoms with E-state index in [1.54, 1.807) is 0 Å². The van der Waals surface area contributed by atoms with Gasteiger partial charge in [-0.25, -0.2) is 0 Å². The van der Waals surface area contributed by atoms with Gasteiger partial charge in [0.2, 0.25) is 5.89 Å².